The summed E-state index contributed by atoms with van der Waals surface area (Å²) in [7, 11) is -3.74. The highest BCUT2D eigenvalue weighted by Crippen LogP contribution is 2.29. The number of hydrogen-bond acceptors (Lipinski definition) is 3. The Kier molecular flexibility index (Phi) is 4.15. The molecule has 1 fully saturated rings. The maximum absolute atomic E-state index is 13.6. The molecule has 1 unspecified atom stereocenters. The van der Waals surface area contributed by atoms with Crippen LogP contribution in [0.4, 0.5) is 4.39 Å². The van der Waals surface area contributed by atoms with Crippen LogP contribution in [-0.2, 0) is 16.6 Å². The van der Waals surface area contributed by atoms with Gasteiger partial charge in [-0.2, -0.15) is 4.31 Å². The normalized spacial score (nSPS) is 20.9. The van der Waals surface area contributed by atoms with E-state index >= 15 is 0 Å². The summed E-state index contributed by atoms with van der Waals surface area (Å²) in [5, 5.41) is 8.85. The Balaban J connectivity index is 2.49. The lowest BCUT2D eigenvalue weighted by atomic mass is 10.2. The fourth-order valence-corrected chi connectivity index (χ4v) is 4.21. The molecule has 1 aliphatic rings. The standard InChI is InChI=1S/C12H15ClFNO3S/c1-8-3-2-4-15(8)19(17,18)10-5-9(7-16)12(13)11(14)6-10/h5-6,8,16H,2-4,7H2,1H3. The quantitative estimate of drug-likeness (QED) is 0.931. The third kappa shape index (κ3) is 2.63. The van der Waals surface area contributed by atoms with Gasteiger partial charge in [-0.05, 0) is 31.9 Å². The average molecular weight is 308 g/mol. The molecule has 1 heterocycles. The van der Waals surface area contributed by atoms with Crippen molar-refractivity contribution in [3.8, 4) is 0 Å². The average Bonchev–Trinajstić information content (AvgIpc) is 2.79. The minimum Gasteiger partial charge on any atom is -0.392 e. The predicted octanol–water partition coefficient (Wildman–Crippen LogP) is 2.14. The van der Waals surface area contributed by atoms with Gasteiger partial charge in [0.2, 0.25) is 10.0 Å². The van der Waals surface area contributed by atoms with Crippen molar-refractivity contribution in [2.24, 2.45) is 0 Å². The lowest BCUT2D eigenvalue weighted by Gasteiger charge is -2.21. The highest BCUT2D eigenvalue weighted by molar-refractivity contribution is 7.89. The topological polar surface area (TPSA) is 57.6 Å². The van der Waals surface area contributed by atoms with Gasteiger partial charge < -0.3 is 5.11 Å². The Morgan fingerprint density at radius 3 is 2.74 bits per heavy atom. The van der Waals surface area contributed by atoms with E-state index < -0.39 is 22.4 Å². The molecule has 1 atom stereocenters. The van der Waals surface area contributed by atoms with E-state index in [2.05, 4.69) is 0 Å². The lowest BCUT2D eigenvalue weighted by molar-refractivity contribution is 0.281. The highest BCUT2D eigenvalue weighted by Gasteiger charge is 2.33. The molecule has 1 aromatic carbocycles. The second-order valence-electron chi connectivity index (χ2n) is 4.64. The third-order valence-corrected chi connectivity index (χ3v) is 5.76. The van der Waals surface area contributed by atoms with Crippen LogP contribution >= 0.6 is 11.6 Å². The van der Waals surface area contributed by atoms with E-state index in [1.807, 2.05) is 6.92 Å². The molecule has 0 aliphatic carbocycles. The largest absolute Gasteiger partial charge is 0.392 e. The summed E-state index contributed by atoms with van der Waals surface area (Å²) in [5.41, 5.74) is 0.0760. The monoisotopic (exact) mass is 307 g/mol. The van der Waals surface area contributed by atoms with Gasteiger partial charge in [0.05, 0.1) is 16.5 Å². The van der Waals surface area contributed by atoms with E-state index in [0.717, 1.165) is 18.9 Å². The zero-order valence-corrected chi connectivity index (χ0v) is 12.0. The van der Waals surface area contributed by atoms with Crippen molar-refractivity contribution in [3.05, 3.63) is 28.5 Å². The van der Waals surface area contributed by atoms with Crippen LogP contribution in [0.1, 0.15) is 25.3 Å². The highest BCUT2D eigenvalue weighted by atomic mass is 35.5. The smallest absolute Gasteiger partial charge is 0.243 e. The Morgan fingerprint density at radius 1 is 1.53 bits per heavy atom. The number of aliphatic hydroxyl groups is 1. The second-order valence-corrected chi connectivity index (χ2v) is 6.91. The van der Waals surface area contributed by atoms with Crippen molar-refractivity contribution in [1.82, 2.24) is 4.31 Å². The van der Waals surface area contributed by atoms with Gasteiger partial charge >= 0.3 is 0 Å². The number of halogens is 2. The molecule has 1 aliphatic heterocycles. The summed E-state index contributed by atoms with van der Waals surface area (Å²) in [6.45, 7) is 1.75. The molecule has 0 radical (unpaired) electrons. The van der Waals surface area contributed by atoms with Crippen molar-refractivity contribution in [2.75, 3.05) is 6.54 Å². The van der Waals surface area contributed by atoms with Crippen molar-refractivity contribution in [3.63, 3.8) is 0 Å². The molecule has 0 amide bonds. The van der Waals surface area contributed by atoms with E-state index in [1.165, 1.54) is 10.4 Å². The zero-order chi connectivity index (χ0) is 14.2. The molecule has 2 rings (SSSR count). The summed E-state index contributed by atoms with van der Waals surface area (Å²) in [6, 6.07) is 2.04. The maximum atomic E-state index is 13.6. The van der Waals surface area contributed by atoms with Crippen molar-refractivity contribution >= 4 is 21.6 Å². The molecule has 4 nitrogen and oxygen atoms in total. The number of benzene rings is 1. The van der Waals surface area contributed by atoms with Crippen LogP contribution < -0.4 is 0 Å². The molecular formula is C12H15ClFNO3S. The summed E-state index contributed by atoms with van der Waals surface area (Å²) < 4.78 is 39.8. The maximum Gasteiger partial charge on any atom is 0.243 e. The minimum atomic E-state index is -3.74. The van der Waals surface area contributed by atoms with Gasteiger partial charge in [0.25, 0.3) is 0 Å². The van der Waals surface area contributed by atoms with E-state index in [9.17, 15) is 12.8 Å². The summed E-state index contributed by atoms with van der Waals surface area (Å²) >= 11 is 5.66. The lowest BCUT2D eigenvalue weighted by Crippen LogP contribution is -2.33. The number of rotatable bonds is 3. The molecule has 106 valence electrons. The SMILES string of the molecule is CC1CCCN1S(=O)(=O)c1cc(F)c(Cl)c(CO)c1. The van der Waals surface area contributed by atoms with Gasteiger partial charge in [0, 0.05) is 18.2 Å². The Morgan fingerprint density at radius 2 is 2.21 bits per heavy atom. The van der Waals surface area contributed by atoms with Crippen LogP contribution in [0.3, 0.4) is 0 Å². The molecule has 1 saturated heterocycles. The van der Waals surface area contributed by atoms with E-state index in [1.54, 1.807) is 0 Å². The number of nitrogens with zero attached hydrogens (tertiary/aromatic N) is 1. The first-order valence-corrected chi connectivity index (χ1v) is 7.80. The van der Waals surface area contributed by atoms with Crippen LogP contribution in [0.2, 0.25) is 5.02 Å². The zero-order valence-electron chi connectivity index (χ0n) is 10.4. The minimum absolute atomic E-state index is 0.0760. The number of hydrogen-bond donors (Lipinski definition) is 1. The summed E-state index contributed by atoms with van der Waals surface area (Å²) in [4.78, 5) is -0.160. The molecule has 19 heavy (non-hydrogen) atoms. The first-order valence-electron chi connectivity index (χ1n) is 5.98. The van der Waals surface area contributed by atoms with Crippen LogP contribution in [0.15, 0.2) is 17.0 Å². The molecule has 0 saturated carbocycles. The molecule has 7 heteroatoms. The molecule has 0 aromatic heterocycles. The molecule has 1 N–H and O–H groups in total. The van der Waals surface area contributed by atoms with Crippen LogP contribution in [-0.4, -0.2) is 30.4 Å². The number of sulfonamides is 1. The van der Waals surface area contributed by atoms with Gasteiger partial charge in [0.15, 0.2) is 0 Å². The van der Waals surface area contributed by atoms with Crippen LogP contribution in [0.5, 0.6) is 0 Å². The predicted molar refractivity (Wildman–Crippen MR) is 69.9 cm³/mol. The molecule has 0 bridgehead atoms. The summed E-state index contributed by atoms with van der Waals surface area (Å²) in [6.07, 6.45) is 1.59. The first-order chi connectivity index (χ1) is 8.87. The van der Waals surface area contributed by atoms with Crippen LogP contribution in [0, 0.1) is 5.82 Å². The molecule has 1 aromatic rings. The van der Waals surface area contributed by atoms with Crippen molar-refractivity contribution in [1.29, 1.82) is 0 Å². The fraction of sp³-hybridized carbons (Fsp3) is 0.500. The van der Waals surface area contributed by atoms with Gasteiger partial charge in [-0.15, -0.1) is 0 Å². The second kappa shape index (κ2) is 5.36. The molecular weight excluding hydrogens is 293 g/mol. The van der Waals surface area contributed by atoms with Crippen molar-refractivity contribution < 1.29 is 17.9 Å². The fourth-order valence-electron chi connectivity index (χ4n) is 2.28. The first kappa shape index (κ1) is 14.7. The Bertz CT molecular complexity index is 591. The van der Waals surface area contributed by atoms with E-state index in [4.69, 9.17) is 16.7 Å². The van der Waals surface area contributed by atoms with Gasteiger partial charge in [-0.3, -0.25) is 0 Å². The summed E-state index contributed by atoms with van der Waals surface area (Å²) in [5.74, 6) is -0.835. The van der Waals surface area contributed by atoms with Crippen LogP contribution in [0.25, 0.3) is 0 Å². The molecule has 0 spiro atoms. The third-order valence-electron chi connectivity index (χ3n) is 3.35. The van der Waals surface area contributed by atoms with E-state index in [0.29, 0.717) is 6.54 Å². The van der Waals surface area contributed by atoms with Gasteiger partial charge in [-0.25, -0.2) is 12.8 Å². The Hall–Kier alpha value is -0.690. The van der Waals surface area contributed by atoms with Gasteiger partial charge in [0.1, 0.15) is 5.82 Å². The number of aliphatic hydroxyl groups excluding tert-OH is 1. The van der Waals surface area contributed by atoms with E-state index in [-0.39, 0.29) is 21.5 Å². The van der Waals surface area contributed by atoms with Crippen molar-refractivity contribution in [2.45, 2.75) is 37.3 Å². The van der Waals surface area contributed by atoms with Gasteiger partial charge in [-0.1, -0.05) is 11.6 Å². The Labute approximate surface area is 116 Å².